The smallest absolute Gasteiger partial charge is 0.222 e. The van der Waals surface area contributed by atoms with Crippen molar-refractivity contribution < 1.29 is 0 Å². The minimum atomic E-state index is 0.321. The second-order valence-electron chi connectivity index (χ2n) is 6.79. The van der Waals surface area contributed by atoms with E-state index in [0.717, 1.165) is 35.9 Å². The predicted molar refractivity (Wildman–Crippen MR) is 97.9 cm³/mol. The molecular formula is C19H23N5. The first-order valence-electron chi connectivity index (χ1n) is 8.61. The number of hydrogen-bond donors (Lipinski definition) is 2. The lowest BCUT2D eigenvalue weighted by Gasteiger charge is -2.14. The minimum absolute atomic E-state index is 0.321. The summed E-state index contributed by atoms with van der Waals surface area (Å²) < 4.78 is 2.19. The summed E-state index contributed by atoms with van der Waals surface area (Å²) in [7, 11) is 0. The first-order chi connectivity index (χ1) is 11.7. The summed E-state index contributed by atoms with van der Waals surface area (Å²) in [5.41, 5.74) is 9.06. The van der Waals surface area contributed by atoms with Crippen molar-refractivity contribution in [3.05, 3.63) is 48.2 Å². The molecule has 1 saturated carbocycles. The van der Waals surface area contributed by atoms with Crippen LogP contribution in [0.2, 0.25) is 0 Å². The van der Waals surface area contributed by atoms with Gasteiger partial charge in [0.25, 0.3) is 0 Å². The Morgan fingerprint density at radius 2 is 2.00 bits per heavy atom. The quantitative estimate of drug-likeness (QED) is 0.729. The Labute approximate surface area is 141 Å². The SMILES string of the molecule is CC(CNc1nc(N)nc2ccn(Cc3ccccc3)c12)C1CC1. The van der Waals surface area contributed by atoms with Crippen molar-refractivity contribution >= 4 is 22.8 Å². The molecule has 1 aromatic carbocycles. The Hall–Kier alpha value is -2.56. The van der Waals surface area contributed by atoms with Gasteiger partial charge in [-0.05, 0) is 36.3 Å². The highest BCUT2D eigenvalue weighted by molar-refractivity contribution is 5.87. The Morgan fingerprint density at radius 3 is 2.75 bits per heavy atom. The summed E-state index contributed by atoms with van der Waals surface area (Å²) in [5.74, 6) is 2.68. The van der Waals surface area contributed by atoms with Crippen LogP contribution in [0.1, 0.15) is 25.3 Å². The maximum atomic E-state index is 5.89. The van der Waals surface area contributed by atoms with Gasteiger partial charge in [0.05, 0.1) is 5.52 Å². The molecule has 1 aliphatic carbocycles. The molecule has 0 radical (unpaired) electrons. The van der Waals surface area contributed by atoms with Gasteiger partial charge in [-0.2, -0.15) is 4.98 Å². The lowest BCUT2D eigenvalue weighted by atomic mass is 10.1. The normalized spacial score (nSPS) is 15.5. The molecule has 0 bridgehead atoms. The van der Waals surface area contributed by atoms with Crippen molar-refractivity contribution in [1.82, 2.24) is 14.5 Å². The number of hydrogen-bond acceptors (Lipinski definition) is 4. The predicted octanol–water partition coefficient (Wildman–Crippen LogP) is 3.52. The van der Waals surface area contributed by atoms with Crippen LogP contribution in [0.25, 0.3) is 11.0 Å². The number of nitrogen functional groups attached to an aromatic ring is 1. The lowest BCUT2D eigenvalue weighted by Crippen LogP contribution is -2.15. The zero-order chi connectivity index (χ0) is 16.5. The summed E-state index contributed by atoms with van der Waals surface area (Å²) >= 11 is 0. The van der Waals surface area contributed by atoms with E-state index in [2.05, 4.69) is 57.2 Å². The number of benzene rings is 1. The number of fused-ring (bicyclic) bond motifs is 1. The lowest BCUT2D eigenvalue weighted by molar-refractivity contribution is 0.536. The van der Waals surface area contributed by atoms with Crippen LogP contribution in [0.5, 0.6) is 0 Å². The zero-order valence-electron chi connectivity index (χ0n) is 13.9. The highest BCUT2D eigenvalue weighted by Crippen LogP contribution is 2.36. The summed E-state index contributed by atoms with van der Waals surface area (Å²) in [6, 6.07) is 12.4. The molecule has 24 heavy (non-hydrogen) atoms. The molecule has 1 unspecified atom stereocenters. The number of nitrogens with zero attached hydrogens (tertiary/aromatic N) is 3. The van der Waals surface area contributed by atoms with E-state index in [9.17, 15) is 0 Å². The topological polar surface area (TPSA) is 68.8 Å². The van der Waals surface area contributed by atoms with Gasteiger partial charge in [-0.3, -0.25) is 0 Å². The van der Waals surface area contributed by atoms with Gasteiger partial charge in [0.15, 0.2) is 5.82 Å². The van der Waals surface area contributed by atoms with Gasteiger partial charge in [0, 0.05) is 19.3 Å². The second-order valence-corrected chi connectivity index (χ2v) is 6.79. The van der Waals surface area contributed by atoms with E-state index < -0.39 is 0 Å². The van der Waals surface area contributed by atoms with Crippen LogP contribution >= 0.6 is 0 Å². The fourth-order valence-corrected chi connectivity index (χ4v) is 3.25. The second kappa shape index (κ2) is 6.15. The van der Waals surface area contributed by atoms with Crippen LogP contribution in [0, 0.1) is 11.8 Å². The van der Waals surface area contributed by atoms with Crippen molar-refractivity contribution in [1.29, 1.82) is 0 Å². The molecule has 0 amide bonds. The van der Waals surface area contributed by atoms with Crippen LogP contribution < -0.4 is 11.1 Å². The minimum Gasteiger partial charge on any atom is -0.368 e. The fourth-order valence-electron chi connectivity index (χ4n) is 3.25. The van der Waals surface area contributed by atoms with Crippen molar-refractivity contribution in [3.8, 4) is 0 Å². The van der Waals surface area contributed by atoms with Crippen LogP contribution in [-0.4, -0.2) is 21.1 Å². The van der Waals surface area contributed by atoms with Gasteiger partial charge in [-0.15, -0.1) is 0 Å². The van der Waals surface area contributed by atoms with Crippen molar-refractivity contribution in [2.24, 2.45) is 11.8 Å². The molecule has 2 heterocycles. The molecule has 3 N–H and O–H groups in total. The van der Waals surface area contributed by atoms with E-state index in [0.29, 0.717) is 11.9 Å². The van der Waals surface area contributed by atoms with E-state index in [1.165, 1.54) is 18.4 Å². The summed E-state index contributed by atoms with van der Waals surface area (Å²) in [6.45, 7) is 4.02. The van der Waals surface area contributed by atoms with E-state index in [1.807, 2.05) is 12.1 Å². The Balaban J connectivity index is 1.64. The summed E-state index contributed by atoms with van der Waals surface area (Å²) in [5, 5.41) is 3.51. The first kappa shape index (κ1) is 15.0. The Kier molecular flexibility index (Phi) is 3.84. The number of nitrogens with one attached hydrogen (secondary N) is 1. The van der Waals surface area contributed by atoms with Crippen molar-refractivity contribution in [2.45, 2.75) is 26.3 Å². The standard InChI is InChI=1S/C19H23N5/c1-13(15-7-8-15)11-21-18-17-16(22-19(20)23-18)9-10-24(17)12-14-5-3-2-4-6-14/h2-6,9-10,13,15H,7-8,11-12H2,1H3,(H3,20,21,22,23). The number of nitrogens with two attached hydrogens (primary N) is 1. The Morgan fingerprint density at radius 1 is 1.21 bits per heavy atom. The molecule has 0 aliphatic heterocycles. The molecule has 124 valence electrons. The van der Waals surface area contributed by atoms with Gasteiger partial charge in [-0.1, -0.05) is 37.3 Å². The van der Waals surface area contributed by atoms with E-state index >= 15 is 0 Å². The third-order valence-electron chi connectivity index (χ3n) is 4.84. The van der Waals surface area contributed by atoms with Gasteiger partial charge >= 0.3 is 0 Å². The molecule has 5 heteroatoms. The third-order valence-corrected chi connectivity index (χ3v) is 4.84. The van der Waals surface area contributed by atoms with Crippen molar-refractivity contribution in [2.75, 3.05) is 17.6 Å². The maximum absolute atomic E-state index is 5.89. The molecule has 1 atom stereocenters. The average Bonchev–Trinajstić information content (AvgIpc) is 3.36. The third kappa shape index (κ3) is 3.07. The fraction of sp³-hybridized carbons (Fsp3) is 0.368. The van der Waals surface area contributed by atoms with Crippen LogP contribution in [0.4, 0.5) is 11.8 Å². The molecular weight excluding hydrogens is 298 g/mol. The first-order valence-corrected chi connectivity index (χ1v) is 8.61. The zero-order valence-corrected chi connectivity index (χ0v) is 13.9. The molecule has 2 aromatic heterocycles. The van der Waals surface area contributed by atoms with Gasteiger partial charge in [0.2, 0.25) is 5.95 Å². The Bertz CT molecular complexity index is 836. The van der Waals surface area contributed by atoms with E-state index in [4.69, 9.17) is 5.73 Å². The van der Waals surface area contributed by atoms with Crippen LogP contribution in [0.15, 0.2) is 42.6 Å². The van der Waals surface area contributed by atoms with E-state index in [1.54, 1.807) is 0 Å². The largest absolute Gasteiger partial charge is 0.368 e. The molecule has 0 saturated heterocycles. The molecule has 5 nitrogen and oxygen atoms in total. The highest BCUT2D eigenvalue weighted by Gasteiger charge is 2.27. The van der Waals surface area contributed by atoms with Crippen molar-refractivity contribution in [3.63, 3.8) is 0 Å². The van der Waals surface area contributed by atoms with E-state index in [-0.39, 0.29) is 0 Å². The summed E-state index contributed by atoms with van der Waals surface area (Å²) in [6.07, 6.45) is 4.77. The molecule has 1 aliphatic rings. The summed E-state index contributed by atoms with van der Waals surface area (Å²) in [4.78, 5) is 8.84. The molecule has 1 fully saturated rings. The van der Waals surface area contributed by atoms with Gasteiger partial charge in [0.1, 0.15) is 5.52 Å². The number of aromatic nitrogens is 3. The number of anilines is 2. The van der Waals surface area contributed by atoms with Crippen LogP contribution in [-0.2, 0) is 6.54 Å². The van der Waals surface area contributed by atoms with Gasteiger partial charge in [-0.25, -0.2) is 4.98 Å². The molecule has 4 rings (SSSR count). The highest BCUT2D eigenvalue weighted by atomic mass is 15.1. The average molecular weight is 321 g/mol. The maximum Gasteiger partial charge on any atom is 0.222 e. The number of rotatable bonds is 6. The molecule has 3 aromatic rings. The monoisotopic (exact) mass is 321 g/mol. The molecule has 0 spiro atoms. The van der Waals surface area contributed by atoms with Crippen LogP contribution in [0.3, 0.4) is 0 Å². The van der Waals surface area contributed by atoms with Gasteiger partial charge < -0.3 is 15.6 Å².